The summed E-state index contributed by atoms with van der Waals surface area (Å²) in [7, 11) is -5.88. The van der Waals surface area contributed by atoms with Crippen LogP contribution in [0, 0.1) is 0 Å². The molecule has 0 saturated carbocycles. The number of nitrogens with zero attached hydrogens (tertiary/aromatic N) is 1. The summed E-state index contributed by atoms with van der Waals surface area (Å²) in [6.07, 6.45) is 0.861. The summed E-state index contributed by atoms with van der Waals surface area (Å²) in [4.78, 5) is 12.8. The van der Waals surface area contributed by atoms with Gasteiger partial charge in [-0.1, -0.05) is 11.6 Å². The largest absolute Gasteiger partial charge is 0.534 e. The van der Waals surface area contributed by atoms with Gasteiger partial charge in [-0.15, -0.1) is 0 Å². The maximum Gasteiger partial charge on any atom is 0.534 e. The van der Waals surface area contributed by atoms with E-state index in [1.807, 2.05) is 0 Å². The standard InChI is InChI=1S/C14H15ClF3N3O4S/c1-7(22)21-5-9(6-21)10-2-8(12(19)4-11(10)15)3-13(20)25-26(23,24)14(16,17)18/h2-4,9H,5-6,19-20H2,1H3/b13-3+. The van der Waals surface area contributed by atoms with Crippen molar-refractivity contribution in [3.63, 3.8) is 0 Å². The number of alkyl halides is 3. The first-order chi connectivity index (χ1) is 11.8. The van der Waals surface area contributed by atoms with Gasteiger partial charge in [0.25, 0.3) is 0 Å². The van der Waals surface area contributed by atoms with Crippen LogP contribution in [0.3, 0.4) is 0 Å². The second kappa shape index (κ2) is 6.88. The molecule has 0 spiro atoms. The van der Waals surface area contributed by atoms with Crippen LogP contribution >= 0.6 is 11.6 Å². The molecule has 0 aromatic heterocycles. The summed E-state index contributed by atoms with van der Waals surface area (Å²) in [5, 5.41) is 0.315. The topological polar surface area (TPSA) is 116 Å². The minimum absolute atomic E-state index is 0.0671. The number of amides is 1. The predicted molar refractivity (Wildman–Crippen MR) is 89.1 cm³/mol. The number of carbonyl (C=O) groups is 1. The van der Waals surface area contributed by atoms with Crippen LogP contribution in [-0.4, -0.2) is 37.8 Å². The number of halogens is 4. The van der Waals surface area contributed by atoms with Gasteiger partial charge >= 0.3 is 15.6 Å². The van der Waals surface area contributed by atoms with Crippen molar-refractivity contribution < 1.29 is 30.6 Å². The van der Waals surface area contributed by atoms with Crippen molar-refractivity contribution in [2.45, 2.75) is 18.3 Å². The quantitative estimate of drug-likeness (QED) is 0.337. The molecule has 1 saturated heterocycles. The lowest BCUT2D eigenvalue weighted by Crippen LogP contribution is -2.47. The summed E-state index contributed by atoms with van der Waals surface area (Å²) < 4.78 is 62.7. The Kier molecular flexibility index (Phi) is 5.34. The van der Waals surface area contributed by atoms with Gasteiger partial charge in [0, 0.05) is 48.3 Å². The first-order valence-corrected chi connectivity index (χ1v) is 8.93. The van der Waals surface area contributed by atoms with E-state index in [4.69, 9.17) is 23.1 Å². The molecule has 26 heavy (non-hydrogen) atoms. The lowest BCUT2D eigenvalue weighted by molar-refractivity contribution is -0.133. The van der Waals surface area contributed by atoms with Crippen LogP contribution in [0.15, 0.2) is 18.0 Å². The minimum Gasteiger partial charge on any atom is -0.398 e. The summed E-state index contributed by atoms with van der Waals surface area (Å²) >= 11 is 6.13. The third-order valence-corrected chi connectivity index (χ3v) is 5.06. The molecule has 0 bridgehead atoms. The second-order valence-corrected chi connectivity index (χ2v) is 7.60. The molecular weight excluding hydrogens is 399 g/mol. The molecule has 0 atom stereocenters. The zero-order chi connectivity index (χ0) is 19.9. The van der Waals surface area contributed by atoms with Gasteiger partial charge in [-0.3, -0.25) is 4.79 Å². The maximum absolute atomic E-state index is 12.3. The number of anilines is 1. The van der Waals surface area contributed by atoms with Crippen LogP contribution in [0.4, 0.5) is 18.9 Å². The molecule has 1 fully saturated rings. The van der Waals surface area contributed by atoms with Crippen molar-refractivity contribution >= 4 is 39.4 Å². The van der Waals surface area contributed by atoms with Gasteiger partial charge in [0.2, 0.25) is 11.8 Å². The number of hydrogen-bond donors (Lipinski definition) is 2. The lowest BCUT2D eigenvalue weighted by Gasteiger charge is -2.39. The molecule has 1 aromatic rings. The summed E-state index contributed by atoms with van der Waals surface area (Å²) in [6, 6.07) is 2.83. The average molecular weight is 414 g/mol. The minimum atomic E-state index is -5.88. The normalized spacial score (nSPS) is 16.3. The van der Waals surface area contributed by atoms with Crippen LogP contribution in [0.2, 0.25) is 5.02 Å². The third kappa shape index (κ3) is 4.15. The Balaban J connectivity index is 2.27. The van der Waals surface area contributed by atoms with Crippen LogP contribution in [0.5, 0.6) is 0 Å². The van der Waals surface area contributed by atoms with Crippen LogP contribution in [-0.2, 0) is 19.1 Å². The van der Waals surface area contributed by atoms with E-state index < -0.39 is 21.5 Å². The highest BCUT2D eigenvalue weighted by Gasteiger charge is 2.48. The Morgan fingerprint density at radius 3 is 2.46 bits per heavy atom. The van der Waals surface area contributed by atoms with E-state index in [-0.39, 0.29) is 23.1 Å². The van der Waals surface area contributed by atoms with Gasteiger partial charge in [0.05, 0.1) is 0 Å². The average Bonchev–Trinajstić information content (AvgIpc) is 2.39. The maximum atomic E-state index is 12.3. The van der Waals surface area contributed by atoms with Crippen LogP contribution < -0.4 is 11.5 Å². The van der Waals surface area contributed by atoms with E-state index in [0.29, 0.717) is 23.7 Å². The number of likely N-dealkylation sites (tertiary alicyclic amines) is 1. The first-order valence-electron chi connectivity index (χ1n) is 7.14. The van der Waals surface area contributed by atoms with Crippen LogP contribution in [0.25, 0.3) is 6.08 Å². The summed E-state index contributed by atoms with van der Waals surface area (Å²) in [5.41, 5.74) is 6.20. The number of benzene rings is 1. The zero-order valence-corrected chi connectivity index (χ0v) is 15.0. The predicted octanol–water partition coefficient (Wildman–Crippen LogP) is 1.99. The van der Waals surface area contributed by atoms with Gasteiger partial charge in [-0.25, -0.2) is 0 Å². The number of nitrogen functional groups attached to an aromatic ring is 1. The molecule has 1 aliphatic heterocycles. The van der Waals surface area contributed by atoms with Crippen molar-refractivity contribution in [2.24, 2.45) is 5.73 Å². The van der Waals surface area contributed by atoms with Crippen molar-refractivity contribution in [3.05, 3.63) is 34.2 Å². The Hall–Kier alpha value is -2.14. The van der Waals surface area contributed by atoms with Crippen molar-refractivity contribution in [1.82, 2.24) is 4.90 Å². The van der Waals surface area contributed by atoms with E-state index in [9.17, 15) is 26.4 Å². The molecule has 7 nitrogen and oxygen atoms in total. The van der Waals surface area contributed by atoms with Gasteiger partial charge < -0.3 is 20.6 Å². The Morgan fingerprint density at radius 1 is 1.38 bits per heavy atom. The molecule has 1 aromatic carbocycles. The highest BCUT2D eigenvalue weighted by atomic mass is 35.5. The molecule has 2 rings (SSSR count). The smallest absolute Gasteiger partial charge is 0.398 e. The van der Waals surface area contributed by atoms with Crippen molar-refractivity contribution in [3.8, 4) is 0 Å². The van der Waals surface area contributed by atoms with Crippen LogP contribution in [0.1, 0.15) is 24.0 Å². The fraction of sp³-hybridized carbons (Fsp3) is 0.357. The molecule has 144 valence electrons. The molecule has 1 aliphatic rings. The molecule has 0 radical (unpaired) electrons. The monoisotopic (exact) mass is 413 g/mol. The Labute approximate surface area is 152 Å². The van der Waals surface area contributed by atoms with Gasteiger partial charge in [-0.05, 0) is 17.7 Å². The first kappa shape index (κ1) is 20.2. The van der Waals surface area contributed by atoms with E-state index in [2.05, 4.69) is 4.18 Å². The SMILES string of the molecule is CC(=O)N1CC(c2cc(/C=C(\N)OS(=O)(=O)C(F)(F)F)c(N)cc2Cl)C1. The fourth-order valence-electron chi connectivity index (χ4n) is 2.34. The molecule has 1 amide bonds. The number of hydrogen-bond acceptors (Lipinski definition) is 6. The fourth-order valence-corrected chi connectivity index (χ4v) is 3.07. The van der Waals surface area contributed by atoms with Crippen molar-refractivity contribution in [2.75, 3.05) is 18.8 Å². The molecular formula is C14H15ClF3N3O4S. The second-order valence-electron chi connectivity index (χ2n) is 5.65. The number of nitrogens with two attached hydrogens (primary N) is 2. The van der Waals surface area contributed by atoms with Gasteiger partial charge in [0.15, 0.2) is 0 Å². The molecule has 12 heteroatoms. The number of rotatable bonds is 4. The Morgan fingerprint density at radius 2 is 1.96 bits per heavy atom. The van der Waals surface area contributed by atoms with Gasteiger partial charge in [-0.2, -0.15) is 21.6 Å². The lowest BCUT2D eigenvalue weighted by atomic mass is 9.89. The molecule has 0 unspecified atom stereocenters. The van der Waals surface area contributed by atoms with Gasteiger partial charge in [0.1, 0.15) is 0 Å². The van der Waals surface area contributed by atoms with Crippen molar-refractivity contribution in [1.29, 1.82) is 0 Å². The zero-order valence-electron chi connectivity index (χ0n) is 13.4. The third-order valence-electron chi connectivity index (χ3n) is 3.76. The summed E-state index contributed by atoms with van der Waals surface area (Å²) in [5.74, 6) is -1.18. The summed E-state index contributed by atoms with van der Waals surface area (Å²) in [6.45, 7) is 2.28. The van der Waals surface area contributed by atoms with E-state index in [0.717, 1.165) is 6.08 Å². The highest BCUT2D eigenvalue weighted by molar-refractivity contribution is 7.87. The molecule has 0 aliphatic carbocycles. The Bertz CT molecular complexity index is 865. The number of carbonyl (C=O) groups excluding carboxylic acids is 1. The van der Waals surface area contributed by atoms with E-state index >= 15 is 0 Å². The molecule has 4 N–H and O–H groups in total. The highest BCUT2D eigenvalue weighted by Crippen LogP contribution is 2.35. The van der Waals surface area contributed by atoms with E-state index in [1.165, 1.54) is 19.1 Å². The molecule has 1 heterocycles. The van der Waals surface area contributed by atoms with E-state index in [1.54, 1.807) is 4.90 Å².